The van der Waals surface area contributed by atoms with Crippen LogP contribution in [0.3, 0.4) is 0 Å². The van der Waals surface area contributed by atoms with Gasteiger partial charge in [0.1, 0.15) is 5.82 Å². The van der Waals surface area contributed by atoms with Gasteiger partial charge in [-0.2, -0.15) is 0 Å². The number of nitrogens with one attached hydrogen (secondary N) is 1. The van der Waals surface area contributed by atoms with E-state index in [1.54, 1.807) is 19.2 Å². The predicted octanol–water partition coefficient (Wildman–Crippen LogP) is 2.16. The molecule has 1 rings (SSSR count). The smallest absolute Gasteiger partial charge is 0.139 e. The molecule has 0 unspecified atom stereocenters. The molecule has 1 aromatic carbocycles. The molecule has 0 aliphatic heterocycles. The maximum absolute atomic E-state index is 13.1. The van der Waals surface area contributed by atoms with Crippen molar-refractivity contribution in [1.29, 1.82) is 0 Å². The monoisotopic (exact) mass is 241 g/mol. The van der Waals surface area contributed by atoms with Crippen LogP contribution in [0.5, 0.6) is 0 Å². The Kier molecular flexibility index (Phi) is 3.94. The van der Waals surface area contributed by atoms with Crippen LogP contribution < -0.4 is 5.32 Å². The molecule has 68 valence electrons. The summed E-state index contributed by atoms with van der Waals surface area (Å²) in [5, 5.41) is 2.87. The zero-order valence-corrected chi connectivity index (χ0v) is 8.78. The molecule has 0 aromatic heterocycles. The predicted molar refractivity (Wildman–Crippen MR) is 54.9 cm³/mol. The lowest BCUT2D eigenvalue weighted by atomic mass is 10.2. The van der Waals surface area contributed by atoms with Crippen LogP contribution in [-0.4, -0.2) is 13.6 Å². The fourth-order valence-corrected chi connectivity index (χ4v) is 1.28. The molecule has 3 heteroatoms. The highest BCUT2D eigenvalue weighted by atomic mass is 79.9. The van der Waals surface area contributed by atoms with Crippen molar-refractivity contribution in [3.8, 4) is 11.8 Å². The summed E-state index contributed by atoms with van der Waals surface area (Å²) in [6, 6.07) is 4.81. The highest BCUT2D eigenvalue weighted by molar-refractivity contribution is 9.10. The first-order chi connectivity index (χ1) is 6.25. The third-order valence-electron chi connectivity index (χ3n) is 1.44. The second-order valence-corrected chi connectivity index (χ2v) is 3.28. The van der Waals surface area contributed by atoms with Crippen molar-refractivity contribution in [2.75, 3.05) is 13.6 Å². The number of hydrogen-bond acceptors (Lipinski definition) is 1. The van der Waals surface area contributed by atoms with Gasteiger partial charge in [-0.3, -0.25) is 0 Å². The van der Waals surface area contributed by atoms with Crippen LogP contribution in [0, 0.1) is 17.7 Å². The van der Waals surface area contributed by atoms with Crippen molar-refractivity contribution in [3.63, 3.8) is 0 Å². The summed E-state index contributed by atoms with van der Waals surface area (Å²) < 4.78 is 13.8. The third-order valence-corrected chi connectivity index (χ3v) is 2.10. The van der Waals surface area contributed by atoms with Gasteiger partial charge in [0.05, 0.1) is 12.1 Å². The average Bonchev–Trinajstić information content (AvgIpc) is 2.10. The Balaban J connectivity index is 2.95. The van der Waals surface area contributed by atoms with Crippen molar-refractivity contribution in [2.45, 2.75) is 0 Å². The number of halogens is 2. The molecule has 0 saturated carbocycles. The minimum atomic E-state index is -0.294. The van der Waals surface area contributed by atoms with Crippen molar-refractivity contribution >= 4 is 15.9 Å². The van der Waals surface area contributed by atoms with E-state index < -0.39 is 0 Å². The van der Waals surface area contributed by atoms with Gasteiger partial charge in [-0.1, -0.05) is 17.9 Å². The van der Waals surface area contributed by atoms with Gasteiger partial charge in [0, 0.05) is 4.47 Å². The first-order valence-electron chi connectivity index (χ1n) is 3.83. The van der Waals surface area contributed by atoms with Crippen LogP contribution in [0.2, 0.25) is 0 Å². The lowest BCUT2D eigenvalue weighted by molar-refractivity contribution is 0.623. The van der Waals surface area contributed by atoms with E-state index in [4.69, 9.17) is 0 Å². The summed E-state index contributed by atoms with van der Waals surface area (Å²) in [4.78, 5) is 0. The van der Waals surface area contributed by atoms with Gasteiger partial charge in [0.25, 0.3) is 0 Å². The van der Waals surface area contributed by atoms with Crippen LogP contribution in [0.15, 0.2) is 22.7 Å². The van der Waals surface area contributed by atoms with Crippen molar-refractivity contribution in [1.82, 2.24) is 5.32 Å². The fourth-order valence-electron chi connectivity index (χ4n) is 0.838. The van der Waals surface area contributed by atoms with E-state index in [9.17, 15) is 4.39 Å². The first kappa shape index (κ1) is 10.2. The molecule has 1 aromatic rings. The van der Waals surface area contributed by atoms with Crippen LogP contribution in [0.25, 0.3) is 0 Å². The van der Waals surface area contributed by atoms with E-state index in [1.807, 2.05) is 0 Å². The zero-order chi connectivity index (χ0) is 9.68. The second-order valence-electron chi connectivity index (χ2n) is 2.43. The van der Waals surface area contributed by atoms with Gasteiger partial charge in [0.2, 0.25) is 0 Å². The van der Waals surface area contributed by atoms with E-state index in [2.05, 4.69) is 33.1 Å². The largest absolute Gasteiger partial charge is 0.309 e. The maximum Gasteiger partial charge on any atom is 0.139 e. The molecule has 0 fully saturated rings. The molecule has 0 bridgehead atoms. The Labute approximate surface area is 85.5 Å². The molecule has 0 spiro atoms. The molecule has 0 atom stereocenters. The standard InChI is InChI=1S/C10H9BrFN/c1-13-7-3-4-8-9(11)5-2-6-10(8)12/h2,5-6,13H,7H2,1H3. The molecule has 13 heavy (non-hydrogen) atoms. The quantitative estimate of drug-likeness (QED) is 0.744. The summed E-state index contributed by atoms with van der Waals surface area (Å²) in [7, 11) is 1.80. The van der Waals surface area contributed by atoms with Crippen LogP contribution in [-0.2, 0) is 0 Å². The molecule has 0 aliphatic rings. The zero-order valence-electron chi connectivity index (χ0n) is 7.20. The van der Waals surface area contributed by atoms with Crippen LogP contribution >= 0.6 is 15.9 Å². The molecular formula is C10H9BrFN. The molecular weight excluding hydrogens is 233 g/mol. The molecule has 0 radical (unpaired) electrons. The summed E-state index contributed by atoms with van der Waals surface area (Å²) in [6.07, 6.45) is 0. The minimum Gasteiger partial charge on any atom is -0.309 e. The average molecular weight is 242 g/mol. The Morgan fingerprint density at radius 3 is 2.92 bits per heavy atom. The van der Waals surface area contributed by atoms with Gasteiger partial charge >= 0.3 is 0 Å². The number of hydrogen-bond donors (Lipinski definition) is 1. The lowest BCUT2D eigenvalue weighted by Crippen LogP contribution is -2.04. The Bertz CT molecular complexity index is 331. The van der Waals surface area contributed by atoms with E-state index >= 15 is 0 Å². The van der Waals surface area contributed by atoms with Gasteiger partial charge in [0.15, 0.2) is 0 Å². The van der Waals surface area contributed by atoms with E-state index in [-0.39, 0.29) is 5.82 Å². The highest BCUT2D eigenvalue weighted by Gasteiger charge is 2.01. The first-order valence-corrected chi connectivity index (χ1v) is 4.62. The topological polar surface area (TPSA) is 12.0 Å². The van der Waals surface area contributed by atoms with Gasteiger partial charge < -0.3 is 5.32 Å². The molecule has 0 amide bonds. The normalized spacial score (nSPS) is 9.15. The van der Waals surface area contributed by atoms with E-state index in [1.165, 1.54) is 6.07 Å². The maximum atomic E-state index is 13.1. The minimum absolute atomic E-state index is 0.294. The fraction of sp³-hybridized carbons (Fsp3) is 0.200. The second kappa shape index (κ2) is 5.00. The summed E-state index contributed by atoms with van der Waals surface area (Å²) >= 11 is 3.24. The molecule has 1 N–H and O–H groups in total. The Morgan fingerprint density at radius 1 is 1.54 bits per heavy atom. The molecule has 0 aliphatic carbocycles. The highest BCUT2D eigenvalue weighted by Crippen LogP contribution is 2.17. The molecule has 0 heterocycles. The van der Waals surface area contributed by atoms with E-state index in [0.29, 0.717) is 16.6 Å². The molecule has 0 saturated heterocycles. The van der Waals surface area contributed by atoms with Gasteiger partial charge in [-0.05, 0) is 35.1 Å². The van der Waals surface area contributed by atoms with E-state index in [0.717, 1.165) is 0 Å². The SMILES string of the molecule is CNCC#Cc1c(F)cccc1Br. The number of rotatable bonds is 1. The van der Waals surface area contributed by atoms with Gasteiger partial charge in [-0.15, -0.1) is 0 Å². The van der Waals surface area contributed by atoms with Crippen molar-refractivity contribution in [3.05, 3.63) is 34.1 Å². The van der Waals surface area contributed by atoms with Crippen molar-refractivity contribution in [2.24, 2.45) is 0 Å². The van der Waals surface area contributed by atoms with Crippen molar-refractivity contribution < 1.29 is 4.39 Å². The summed E-state index contributed by atoms with van der Waals surface area (Å²) in [5.41, 5.74) is 0.415. The third kappa shape index (κ3) is 2.83. The van der Waals surface area contributed by atoms with Crippen LogP contribution in [0.4, 0.5) is 4.39 Å². The number of benzene rings is 1. The van der Waals surface area contributed by atoms with Crippen LogP contribution in [0.1, 0.15) is 5.56 Å². The summed E-state index contributed by atoms with van der Waals surface area (Å²) in [5.74, 6) is 5.26. The van der Waals surface area contributed by atoms with Gasteiger partial charge in [-0.25, -0.2) is 4.39 Å². The summed E-state index contributed by atoms with van der Waals surface area (Å²) in [6.45, 7) is 0.556. The molecule has 1 nitrogen and oxygen atoms in total. The lowest BCUT2D eigenvalue weighted by Gasteiger charge is -1.96. The Morgan fingerprint density at radius 2 is 2.31 bits per heavy atom. The Hall–Kier alpha value is -0.850.